The monoisotopic (exact) mass is 235 g/mol. The van der Waals surface area contributed by atoms with Crippen LogP contribution in [0.15, 0.2) is 24.3 Å². The van der Waals surface area contributed by atoms with E-state index < -0.39 is 17.5 Å². The second-order valence-electron chi connectivity index (χ2n) is 4.22. The molecule has 2 rings (SSSR count). The van der Waals surface area contributed by atoms with Crippen molar-refractivity contribution < 1.29 is 19.4 Å². The van der Waals surface area contributed by atoms with Crippen molar-refractivity contribution in [1.29, 1.82) is 0 Å². The maximum Gasteiger partial charge on any atom is 0.337 e. The van der Waals surface area contributed by atoms with Gasteiger partial charge in [0.05, 0.1) is 12.7 Å². The summed E-state index contributed by atoms with van der Waals surface area (Å²) in [6.07, 6.45) is 0.430. The van der Waals surface area contributed by atoms with Gasteiger partial charge in [0, 0.05) is 5.92 Å². The van der Waals surface area contributed by atoms with Crippen LogP contribution in [0.25, 0.3) is 0 Å². The van der Waals surface area contributed by atoms with Crippen molar-refractivity contribution in [2.45, 2.75) is 17.9 Å². The minimum atomic E-state index is -1.15. The minimum absolute atomic E-state index is 0.174. The fraction of sp³-hybridized carbons (Fsp3) is 0.333. The van der Waals surface area contributed by atoms with E-state index in [1.807, 2.05) is 0 Å². The molecule has 0 heterocycles. The number of carbonyl (C=O) groups is 2. The number of nitrogens with two attached hydrogens (primary N) is 1. The Balaban J connectivity index is 2.16. The highest BCUT2D eigenvalue weighted by Crippen LogP contribution is 2.49. The lowest BCUT2D eigenvalue weighted by molar-refractivity contribution is -0.139. The molecule has 0 bridgehead atoms. The molecule has 0 saturated heterocycles. The van der Waals surface area contributed by atoms with Crippen LogP contribution in [0, 0.1) is 0 Å². The molecule has 0 spiro atoms. The molecule has 5 nitrogen and oxygen atoms in total. The van der Waals surface area contributed by atoms with Gasteiger partial charge >= 0.3 is 11.9 Å². The molecule has 2 atom stereocenters. The van der Waals surface area contributed by atoms with Gasteiger partial charge in [0.25, 0.3) is 0 Å². The van der Waals surface area contributed by atoms with Crippen LogP contribution in [-0.2, 0) is 9.53 Å². The summed E-state index contributed by atoms with van der Waals surface area (Å²) in [5.41, 5.74) is 5.83. The maximum atomic E-state index is 11.2. The molecule has 3 N–H and O–H groups in total. The number of ether oxygens (including phenoxy) is 1. The molecule has 1 aliphatic carbocycles. The van der Waals surface area contributed by atoms with Crippen LogP contribution in [0.3, 0.4) is 0 Å². The van der Waals surface area contributed by atoms with Crippen molar-refractivity contribution in [3.63, 3.8) is 0 Å². The van der Waals surface area contributed by atoms with E-state index in [4.69, 9.17) is 10.8 Å². The first-order valence-corrected chi connectivity index (χ1v) is 5.19. The Kier molecular flexibility index (Phi) is 2.63. The van der Waals surface area contributed by atoms with Gasteiger partial charge in [-0.05, 0) is 24.1 Å². The van der Waals surface area contributed by atoms with Crippen molar-refractivity contribution in [1.82, 2.24) is 0 Å². The summed E-state index contributed by atoms with van der Waals surface area (Å²) >= 11 is 0. The number of carbonyl (C=O) groups excluding carboxylic acids is 1. The Morgan fingerprint density at radius 2 is 2.00 bits per heavy atom. The van der Waals surface area contributed by atoms with E-state index in [0.717, 1.165) is 5.56 Å². The van der Waals surface area contributed by atoms with Gasteiger partial charge in [0.1, 0.15) is 5.54 Å². The maximum absolute atomic E-state index is 11.2. The largest absolute Gasteiger partial charge is 0.480 e. The van der Waals surface area contributed by atoms with Gasteiger partial charge in [-0.15, -0.1) is 0 Å². The number of aliphatic carboxylic acids is 1. The van der Waals surface area contributed by atoms with Gasteiger partial charge in [-0.2, -0.15) is 0 Å². The topological polar surface area (TPSA) is 89.6 Å². The van der Waals surface area contributed by atoms with Gasteiger partial charge in [0.15, 0.2) is 0 Å². The first kappa shape index (κ1) is 11.6. The summed E-state index contributed by atoms with van der Waals surface area (Å²) < 4.78 is 4.57. The summed E-state index contributed by atoms with van der Waals surface area (Å²) in [5.74, 6) is -1.57. The van der Waals surface area contributed by atoms with Crippen LogP contribution in [-0.4, -0.2) is 29.7 Å². The fourth-order valence-electron chi connectivity index (χ4n) is 1.90. The second-order valence-corrected chi connectivity index (χ2v) is 4.22. The standard InChI is InChI=1S/C12H13NO4/c1-17-10(14)8-4-2-7(3-5-8)9-6-12(9,13)11(15)16/h2-5,9H,6,13H2,1H3,(H,15,16). The Morgan fingerprint density at radius 1 is 1.41 bits per heavy atom. The first-order valence-electron chi connectivity index (χ1n) is 5.19. The third-order valence-electron chi connectivity index (χ3n) is 3.14. The molecular formula is C12H13NO4. The van der Waals surface area contributed by atoms with Crippen LogP contribution < -0.4 is 5.73 Å². The quantitative estimate of drug-likeness (QED) is 0.754. The summed E-state index contributed by atoms with van der Waals surface area (Å²) in [4.78, 5) is 22.1. The second kappa shape index (κ2) is 3.85. The van der Waals surface area contributed by atoms with Crippen LogP contribution in [0.1, 0.15) is 28.3 Å². The van der Waals surface area contributed by atoms with Crippen molar-refractivity contribution >= 4 is 11.9 Å². The van der Waals surface area contributed by atoms with Gasteiger partial charge in [0.2, 0.25) is 0 Å². The highest BCUT2D eigenvalue weighted by molar-refractivity contribution is 5.89. The number of hydrogen-bond acceptors (Lipinski definition) is 4. The van der Waals surface area contributed by atoms with Crippen LogP contribution in [0.4, 0.5) is 0 Å². The highest BCUT2D eigenvalue weighted by atomic mass is 16.5. The smallest absolute Gasteiger partial charge is 0.337 e. The zero-order chi connectivity index (χ0) is 12.6. The van der Waals surface area contributed by atoms with Gasteiger partial charge in [-0.3, -0.25) is 4.79 Å². The van der Waals surface area contributed by atoms with E-state index >= 15 is 0 Å². The summed E-state index contributed by atoms with van der Waals surface area (Å²) in [6.45, 7) is 0. The molecule has 90 valence electrons. The predicted molar refractivity (Wildman–Crippen MR) is 59.7 cm³/mol. The van der Waals surface area contributed by atoms with E-state index in [2.05, 4.69) is 4.74 Å². The van der Waals surface area contributed by atoms with E-state index in [1.165, 1.54) is 7.11 Å². The molecule has 1 fully saturated rings. The SMILES string of the molecule is COC(=O)c1ccc(C2CC2(N)C(=O)O)cc1. The molecule has 0 aliphatic heterocycles. The lowest BCUT2D eigenvalue weighted by Gasteiger charge is -2.06. The zero-order valence-corrected chi connectivity index (χ0v) is 9.34. The Morgan fingerprint density at radius 3 is 2.41 bits per heavy atom. The van der Waals surface area contributed by atoms with E-state index in [1.54, 1.807) is 24.3 Å². The highest BCUT2D eigenvalue weighted by Gasteiger charge is 2.58. The number of carboxylic acid groups (broad SMARTS) is 1. The Labute approximate surface area is 98.2 Å². The molecule has 2 unspecified atom stereocenters. The van der Waals surface area contributed by atoms with E-state index in [9.17, 15) is 9.59 Å². The average molecular weight is 235 g/mol. The molecular weight excluding hydrogens is 222 g/mol. The average Bonchev–Trinajstić information content (AvgIpc) is 3.02. The number of methoxy groups -OCH3 is 1. The fourth-order valence-corrected chi connectivity index (χ4v) is 1.90. The number of rotatable bonds is 3. The zero-order valence-electron chi connectivity index (χ0n) is 9.34. The number of carboxylic acids is 1. The Hall–Kier alpha value is -1.88. The normalized spacial score (nSPS) is 26.4. The number of hydrogen-bond donors (Lipinski definition) is 2. The third kappa shape index (κ3) is 1.89. The molecule has 1 aliphatic rings. The van der Waals surface area contributed by atoms with E-state index in [-0.39, 0.29) is 5.92 Å². The number of esters is 1. The van der Waals surface area contributed by atoms with Gasteiger partial charge < -0.3 is 15.6 Å². The molecule has 0 amide bonds. The third-order valence-corrected chi connectivity index (χ3v) is 3.14. The first-order chi connectivity index (χ1) is 7.99. The molecule has 1 aromatic carbocycles. The molecule has 0 aromatic heterocycles. The summed E-state index contributed by atoms with van der Waals surface area (Å²) in [6, 6.07) is 6.66. The van der Waals surface area contributed by atoms with Crippen molar-refractivity contribution in [2.75, 3.05) is 7.11 Å². The van der Waals surface area contributed by atoms with Crippen molar-refractivity contribution in [3.8, 4) is 0 Å². The van der Waals surface area contributed by atoms with Crippen molar-refractivity contribution in [2.24, 2.45) is 5.73 Å². The number of benzene rings is 1. The van der Waals surface area contributed by atoms with Gasteiger partial charge in [-0.25, -0.2) is 4.79 Å². The lowest BCUT2D eigenvalue weighted by Crippen LogP contribution is -2.34. The predicted octanol–water partition coefficient (Wildman–Crippen LogP) is 0.743. The minimum Gasteiger partial charge on any atom is -0.480 e. The van der Waals surface area contributed by atoms with Crippen LogP contribution >= 0.6 is 0 Å². The van der Waals surface area contributed by atoms with Crippen LogP contribution in [0.5, 0.6) is 0 Å². The molecule has 0 radical (unpaired) electrons. The summed E-state index contributed by atoms with van der Waals surface area (Å²) in [7, 11) is 1.31. The molecule has 5 heteroatoms. The van der Waals surface area contributed by atoms with Gasteiger partial charge in [-0.1, -0.05) is 12.1 Å². The van der Waals surface area contributed by atoms with Crippen LogP contribution in [0.2, 0.25) is 0 Å². The lowest BCUT2D eigenvalue weighted by atomic mass is 10.0. The molecule has 1 aromatic rings. The summed E-state index contributed by atoms with van der Waals surface area (Å²) in [5, 5.41) is 8.93. The molecule has 17 heavy (non-hydrogen) atoms. The Bertz CT molecular complexity index is 468. The van der Waals surface area contributed by atoms with E-state index in [0.29, 0.717) is 12.0 Å². The van der Waals surface area contributed by atoms with Crippen molar-refractivity contribution in [3.05, 3.63) is 35.4 Å². The molecule has 1 saturated carbocycles.